The Morgan fingerprint density at radius 3 is 0.844 bits per heavy atom. The predicted molar refractivity (Wildman–Crippen MR) is 271 cm³/mol. The van der Waals surface area contributed by atoms with Gasteiger partial charge >= 0.3 is 0 Å². The van der Waals surface area contributed by atoms with Gasteiger partial charge in [-0.25, -0.2) is 0 Å². The fourth-order valence-corrected chi connectivity index (χ4v) is 8.61. The van der Waals surface area contributed by atoms with Crippen molar-refractivity contribution in [2.24, 2.45) is 0 Å². The second-order valence-corrected chi connectivity index (χ2v) is 15.6. The van der Waals surface area contributed by atoms with E-state index in [9.17, 15) is 0 Å². The van der Waals surface area contributed by atoms with Crippen LogP contribution in [-0.2, 0) is 0 Å². The van der Waals surface area contributed by atoms with Gasteiger partial charge in [-0.3, -0.25) is 0 Å². The molecule has 4 nitrogen and oxygen atoms in total. The molecule has 0 aliphatic carbocycles. The Morgan fingerprint density at radius 1 is 0.219 bits per heavy atom. The molecular weight excluding hydrogens is 777 g/mol. The molecule has 0 aliphatic rings. The van der Waals surface area contributed by atoms with Crippen LogP contribution in [-0.4, -0.2) is 0 Å². The summed E-state index contributed by atoms with van der Waals surface area (Å²) in [5.41, 5.74) is 23.3. The fraction of sp³-hybridized carbons (Fsp3) is 0. The lowest BCUT2D eigenvalue weighted by Gasteiger charge is -2.31. The molecular formula is C60H46N4. The fourth-order valence-electron chi connectivity index (χ4n) is 8.61. The minimum absolute atomic E-state index is 0.727. The molecule has 0 heterocycles. The minimum atomic E-state index is 0.727. The van der Waals surface area contributed by atoms with Crippen molar-refractivity contribution in [1.82, 2.24) is 0 Å². The molecule has 0 bridgehead atoms. The maximum Gasteiger partial charge on any atom is 0.0546 e. The molecule has 0 unspecified atom stereocenters. The van der Waals surface area contributed by atoms with Crippen molar-refractivity contribution in [3.8, 4) is 33.4 Å². The lowest BCUT2D eigenvalue weighted by atomic mass is 9.85. The van der Waals surface area contributed by atoms with Crippen LogP contribution in [0.1, 0.15) is 0 Å². The average Bonchev–Trinajstić information content (AvgIpc) is 3.37. The lowest BCUT2D eigenvalue weighted by molar-refractivity contribution is 1.27. The third-order valence-electron chi connectivity index (χ3n) is 11.6. The molecule has 0 fully saturated rings. The second-order valence-electron chi connectivity index (χ2n) is 15.6. The number of nitrogen functional groups attached to an aromatic ring is 1. The molecule has 306 valence electrons. The van der Waals surface area contributed by atoms with Crippen molar-refractivity contribution in [2.45, 2.75) is 0 Å². The molecule has 0 saturated heterocycles. The summed E-state index contributed by atoms with van der Waals surface area (Å²) in [6, 6.07) is 94.4. The summed E-state index contributed by atoms with van der Waals surface area (Å²) < 4.78 is 0. The maximum absolute atomic E-state index is 6.32. The third-order valence-corrected chi connectivity index (χ3v) is 11.6. The summed E-state index contributed by atoms with van der Waals surface area (Å²) in [7, 11) is 0. The Kier molecular flexibility index (Phi) is 11.2. The van der Waals surface area contributed by atoms with Crippen molar-refractivity contribution in [2.75, 3.05) is 20.4 Å². The van der Waals surface area contributed by atoms with Crippen molar-refractivity contribution in [3.63, 3.8) is 0 Å². The van der Waals surface area contributed by atoms with Gasteiger partial charge in [-0.05, 0) is 143 Å². The van der Waals surface area contributed by atoms with E-state index < -0.39 is 0 Å². The first-order valence-corrected chi connectivity index (χ1v) is 21.6. The summed E-state index contributed by atoms with van der Waals surface area (Å²) >= 11 is 0. The van der Waals surface area contributed by atoms with Crippen LogP contribution < -0.4 is 20.4 Å². The van der Waals surface area contributed by atoms with Gasteiger partial charge in [0.05, 0.1) is 5.69 Å². The molecule has 0 radical (unpaired) electrons. The van der Waals surface area contributed by atoms with Crippen molar-refractivity contribution >= 4 is 56.9 Å². The van der Waals surface area contributed by atoms with Gasteiger partial charge in [0, 0.05) is 56.7 Å². The molecule has 0 amide bonds. The molecule has 10 aromatic carbocycles. The average molecular weight is 823 g/mol. The largest absolute Gasteiger partial charge is 0.399 e. The van der Waals surface area contributed by atoms with Crippen LogP contribution in [0.5, 0.6) is 0 Å². The summed E-state index contributed by atoms with van der Waals surface area (Å²) in [6.07, 6.45) is 0. The number of rotatable bonds is 12. The smallest absolute Gasteiger partial charge is 0.0546 e. The Labute approximate surface area is 376 Å². The van der Waals surface area contributed by atoms with Crippen molar-refractivity contribution < 1.29 is 0 Å². The van der Waals surface area contributed by atoms with Gasteiger partial charge in [0.2, 0.25) is 0 Å². The lowest BCUT2D eigenvalue weighted by Crippen LogP contribution is -2.12. The maximum atomic E-state index is 6.32. The first-order valence-electron chi connectivity index (χ1n) is 21.6. The van der Waals surface area contributed by atoms with Crippen LogP contribution in [0.4, 0.5) is 56.9 Å². The monoisotopic (exact) mass is 822 g/mol. The first kappa shape index (κ1) is 39.5. The van der Waals surface area contributed by atoms with E-state index in [1.165, 1.54) is 0 Å². The molecule has 4 heteroatoms. The van der Waals surface area contributed by atoms with Gasteiger partial charge in [-0.2, -0.15) is 0 Å². The first-order chi connectivity index (χ1) is 31.7. The second kappa shape index (κ2) is 18.2. The SMILES string of the molecule is Nc1ccc(-c2ccc(N(c3ccccc3)c3ccccc3)c(-c3ccc(N(c4ccccc4)c4ccccc4)cc3)c2-c2ccc(N(c3ccccc3)c3ccccc3)cc2)cc1. The van der Waals surface area contributed by atoms with Gasteiger partial charge < -0.3 is 20.4 Å². The van der Waals surface area contributed by atoms with E-state index in [1.54, 1.807) is 0 Å². The van der Waals surface area contributed by atoms with Crippen molar-refractivity contribution in [3.05, 3.63) is 267 Å². The molecule has 2 N–H and O–H groups in total. The number of hydrogen-bond donors (Lipinski definition) is 1. The normalized spacial score (nSPS) is 10.9. The molecule has 10 rings (SSSR count). The van der Waals surface area contributed by atoms with Gasteiger partial charge in [0.25, 0.3) is 0 Å². The summed E-state index contributed by atoms with van der Waals surface area (Å²) in [6.45, 7) is 0. The zero-order valence-corrected chi connectivity index (χ0v) is 35.3. The van der Waals surface area contributed by atoms with E-state index >= 15 is 0 Å². The summed E-state index contributed by atoms with van der Waals surface area (Å²) in [4.78, 5) is 6.99. The number of nitrogens with two attached hydrogens (primary N) is 1. The van der Waals surface area contributed by atoms with E-state index in [-0.39, 0.29) is 0 Å². The number of para-hydroxylation sites is 6. The number of anilines is 10. The zero-order chi connectivity index (χ0) is 43.1. The molecule has 0 atom stereocenters. The van der Waals surface area contributed by atoms with Gasteiger partial charge in [-0.1, -0.05) is 152 Å². The molecule has 0 saturated carbocycles. The topological polar surface area (TPSA) is 35.7 Å². The molecule has 0 aromatic heterocycles. The number of nitrogens with zero attached hydrogens (tertiary/aromatic N) is 3. The Hall–Kier alpha value is -8.60. The number of hydrogen-bond acceptors (Lipinski definition) is 4. The van der Waals surface area contributed by atoms with Crippen LogP contribution in [0, 0.1) is 0 Å². The number of benzene rings is 10. The van der Waals surface area contributed by atoms with Crippen LogP contribution in [0.25, 0.3) is 33.4 Å². The Balaban J connectivity index is 1.22. The van der Waals surface area contributed by atoms with E-state index in [1.807, 2.05) is 12.1 Å². The quantitative estimate of drug-likeness (QED) is 0.125. The van der Waals surface area contributed by atoms with E-state index in [0.29, 0.717) is 0 Å². The highest BCUT2D eigenvalue weighted by molar-refractivity contribution is 6.03. The molecule has 0 spiro atoms. The van der Waals surface area contributed by atoms with Crippen LogP contribution >= 0.6 is 0 Å². The summed E-state index contributed by atoms with van der Waals surface area (Å²) in [5.74, 6) is 0. The highest BCUT2D eigenvalue weighted by atomic mass is 15.2. The van der Waals surface area contributed by atoms with Crippen LogP contribution in [0.15, 0.2) is 267 Å². The highest BCUT2D eigenvalue weighted by Gasteiger charge is 2.25. The minimum Gasteiger partial charge on any atom is -0.399 e. The molecule has 64 heavy (non-hydrogen) atoms. The van der Waals surface area contributed by atoms with E-state index in [2.05, 4.69) is 269 Å². The van der Waals surface area contributed by atoms with Crippen LogP contribution in [0.2, 0.25) is 0 Å². The molecule has 10 aromatic rings. The van der Waals surface area contributed by atoms with Crippen LogP contribution in [0.3, 0.4) is 0 Å². The van der Waals surface area contributed by atoms with Gasteiger partial charge in [0.15, 0.2) is 0 Å². The van der Waals surface area contributed by atoms with E-state index in [4.69, 9.17) is 5.73 Å². The molecule has 0 aliphatic heterocycles. The third kappa shape index (κ3) is 8.12. The zero-order valence-electron chi connectivity index (χ0n) is 35.3. The van der Waals surface area contributed by atoms with Gasteiger partial charge in [0.1, 0.15) is 0 Å². The Morgan fingerprint density at radius 2 is 0.500 bits per heavy atom. The van der Waals surface area contributed by atoms with Gasteiger partial charge in [-0.15, -0.1) is 0 Å². The standard InChI is InChI=1S/C60H46N4/c61-48-37-31-45(32-38-48)57-43-44-58(64(53-27-15-5-16-28-53)54-29-17-6-18-30-54)60(47-35-41-56(42-36-47)63(51-23-11-3-12-24-51)52-25-13-4-14-26-52)59(57)46-33-39-55(40-34-46)62(49-19-7-1-8-20-49)50-21-9-2-10-22-50/h1-44H,61H2. The highest BCUT2D eigenvalue weighted by Crippen LogP contribution is 2.50. The Bertz CT molecular complexity index is 2930. The van der Waals surface area contributed by atoms with Crippen molar-refractivity contribution in [1.29, 1.82) is 0 Å². The predicted octanol–water partition coefficient (Wildman–Crippen LogP) is 16.7. The van der Waals surface area contributed by atoms with E-state index in [0.717, 1.165) is 90.3 Å². The summed E-state index contributed by atoms with van der Waals surface area (Å²) in [5, 5.41) is 0.